The summed E-state index contributed by atoms with van der Waals surface area (Å²) < 4.78 is 0. The van der Waals surface area contributed by atoms with Crippen molar-refractivity contribution in [3.05, 3.63) is 52.0 Å². The lowest BCUT2D eigenvalue weighted by Gasteiger charge is -2.22. The van der Waals surface area contributed by atoms with Gasteiger partial charge >= 0.3 is 0 Å². The first-order chi connectivity index (χ1) is 11.1. The average molecular weight is 329 g/mol. The van der Waals surface area contributed by atoms with Gasteiger partial charge in [0.25, 0.3) is 0 Å². The first-order valence-corrected chi connectivity index (χ1v) is 8.97. The fourth-order valence-electron chi connectivity index (χ4n) is 2.68. The number of nitrogens with zero attached hydrogens (tertiary/aromatic N) is 2. The highest BCUT2D eigenvalue weighted by Gasteiger charge is 2.30. The van der Waals surface area contributed by atoms with E-state index in [1.165, 1.54) is 23.3 Å². The van der Waals surface area contributed by atoms with E-state index in [1.54, 1.807) is 11.3 Å². The third-order valence-electron chi connectivity index (χ3n) is 4.21. The molecule has 1 aromatic carbocycles. The average Bonchev–Trinajstić information content (AvgIpc) is 3.25. The van der Waals surface area contributed by atoms with Crippen LogP contribution in [-0.2, 0) is 11.3 Å². The van der Waals surface area contributed by atoms with Gasteiger partial charge in [0.1, 0.15) is 0 Å². The van der Waals surface area contributed by atoms with Crippen LogP contribution in [0.3, 0.4) is 0 Å². The lowest BCUT2D eigenvalue weighted by atomic mass is 10.1. The maximum Gasteiger partial charge on any atom is 0.234 e. The van der Waals surface area contributed by atoms with E-state index in [-0.39, 0.29) is 11.9 Å². The van der Waals surface area contributed by atoms with Crippen LogP contribution in [0.25, 0.3) is 0 Å². The van der Waals surface area contributed by atoms with Crippen molar-refractivity contribution in [1.82, 2.24) is 15.2 Å². The molecule has 1 amide bonds. The Hall–Kier alpha value is -1.72. The van der Waals surface area contributed by atoms with Crippen LogP contribution in [0.5, 0.6) is 0 Å². The number of hydrogen-bond acceptors (Lipinski definition) is 4. The molecule has 0 bridgehead atoms. The quantitative estimate of drug-likeness (QED) is 0.848. The number of carbonyl (C=O) groups excluding carboxylic acids is 1. The lowest BCUT2D eigenvalue weighted by molar-refractivity contribution is -0.123. The second-order valence-corrected chi connectivity index (χ2v) is 7.27. The number of rotatable bonds is 7. The standard InChI is InChI=1S/C18H23N3OS/c1-13-3-5-15(6-4-13)14(2)20-18(22)11-21(16-7-8-16)10-17-9-19-12-23-17/h3-6,9,12,14,16H,7-8,10-11H2,1-2H3,(H,20,22). The van der Waals surface area contributed by atoms with Crippen molar-refractivity contribution in [3.63, 3.8) is 0 Å². The number of benzene rings is 1. The van der Waals surface area contributed by atoms with E-state index >= 15 is 0 Å². The molecule has 1 aliphatic rings. The van der Waals surface area contributed by atoms with Gasteiger partial charge in [-0.15, -0.1) is 11.3 Å². The van der Waals surface area contributed by atoms with E-state index in [2.05, 4.69) is 46.4 Å². The van der Waals surface area contributed by atoms with Crippen LogP contribution in [0.2, 0.25) is 0 Å². The number of hydrogen-bond donors (Lipinski definition) is 1. The summed E-state index contributed by atoms with van der Waals surface area (Å²) in [6.07, 6.45) is 4.28. The minimum absolute atomic E-state index is 0.0348. The molecule has 3 rings (SSSR count). The Morgan fingerprint density at radius 1 is 1.39 bits per heavy atom. The van der Waals surface area contributed by atoms with Crippen molar-refractivity contribution in [1.29, 1.82) is 0 Å². The second-order valence-electron chi connectivity index (χ2n) is 6.30. The molecule has 0 radical (unpaired) electrons. The van der Waals surface area contributed by atoms with Gasteiger partial charge in [0.05, 0.1) is 18.1 Å². The molecule has 1 aromatic heterocycles. The van der Waals surface area contributed by atoms with Crippen LogP contribution in [0.4, 0.5) is 0 Å². The highest BCUT2D eigenvalue weighted by molar-refractivity contribution is 7.09. The van der Waals surface area contributed by atoms with Gasteiger partial charge in [-0.2, -0.15) is 0 Å². The van der Waals surface area contributed by atoms with Gasteiger partial charge in [0.2, 0.25) is 5.91 Å². The van der Waals surface area contributed by atoms with E-state index in [1.807, 2.05) is 18.6 Å². The van der Waals surface area contributed by atoms with Crippen LogP contribution in [0.15, 0.2) is 36.0 Å². The molecule has 1 atom stereocenters. The number of amides is 1. The number of aromatic nitrogens is 1. The fourth-order valence-corrected chi connectivity index (χ4v) is 3.30. The van der Waals surface area contributed by atoms with Gasteiger partial charge in [-0.3, -0.25) is 14.7 Å². The van der Waals surface area contributed by atoms with Crippen LogP contribution >= 0.6 is 11.3 Å². The molecule has 0 saturated heterocycles. The van der Waals surface area contributed by atoms with Gasteiger partial charge in [-0.25, -0.2) is 0 Å². The molecule has 0 spiro atoms. The zero-order valence-corrected chi connectivity index (χ0v) is 14.5. The zero-order chi connectivity index (χ0) is 16.2. The van der Waals surface area contributed by atoms with Gasteiger partial charge in [-0.05, 0) is 32.3 Å². The molecule has 1 N–H and O–H groups in total. The van der Waals surface area contributed by atoms with Crippen molar-refractivity contribution >= 4 is 17.2 Å². The Bertz CT molecular complexity index is 635. The summed E-state index contributed by atoms with van der Waals surface area (Å²) in [7, 11) is 0. The lowest BCUT2D eigenvalue weighted by Crippen LogP contribution is -2.39. The van der Waals surface area contributed by atoms with Gasteiger partial charge in [0.15, 0.2) is 0 Å². The van der Waals surface area contributed by atoms with Crippen LogP contribution < -0.4 is 5.32 Å². The Kier molecular flexibility index (Phi) is 5.08. The largest absolute Gasteiger partial charge is 0.348 e. The Balaban J connectivity index is 1.55. The Labute approximate surface area is 141 Å². The van der Waals surface area contributed by atoms with Crippen molar-refractivity contribution in [2.45, 2.75) is 45.3 Å². The number of nitrogens with one attached hydrogen (secondary N) is 1. The van der Waals surface area contributed by atoms with Crippen LogP contribution in [0.1, 0.15) is 41.8 Å². The molecule has 4 nitrogen and oxygen atoms in total. The third kappa shape index (κ3) is 4.62. The molecular weight excluding hydrogens is 306 g/mol. The summed E-state index contributed by atoms with van der Waals surface area (Å²) in [6.45, 7) is 5.38. The third-order valence-corrected chi connectivity index (χ3v) is 4.97. The van der Waals surface area contributed by atoms with Crippen molar-refractivity contribution in [3.8, 4) is 0 Å². The highest BCUT2D eigenvalue weighted by Crippen LogP contribution is 2.28. The first-order valence-electron chi connectivity index (χ1n) is 8.09. The summed E-state index contributed by atoms with van der Waals surface area (Å²) in [5.74, 6) is 0.0921. The summed E-state index contributed by atoms with van der Waals surface area (Å²) in [4.78, 5) is 20.0. The summed E-state index contributed by atoms with van der Waals surface area (Å²) in [5.41, 5.74) is 4.22. The maximum atomic E-state index is 12.4. The topological polar surface area (TPSA) is 45.2 Å². The maximum absolute atomic E-state index is 12.4. The number of aryl methyl sites for hydroxylation is 1. The molecule has 1 saturated carbocycles. The van der Waals surface area contributed by atoms with Gasteiger partial charge in [-0.1, -0.05) is 29.8 Å². The van der Waals surface area contributed by atoms with Crippen LogP contribution in [-0.4, -0.2) is 28.4 Å². The van der Waals surface area contributed by atoms with Crippen LogP contribution in [0, 0.1) is 6.92 Å². The molecule has 122 valence electrons. The van der Waals surface area contributed by atoms with Crippen molar-refractivity contribution in [2.75, 3.05) is 6.54 Å². The zero-order valence-electron chi connectivity index (χ0n) is 13.7. The van der Waals surface area contributed by atoms with E-state index in [4.69, 9.17) is 0 Å². The molecular formula is C18H23N3OS. The smallest absolute Gasteiger partial charge is 0.234 e. The molecule has 1 fully saturated rings. The summed E-state index contributed by atoms with van der Waals surface area (Å²) >= 11 is 1.65. The molecule has 0 aliphatic heterocycles. The minimum atomic E-state index is 0.0348. The molecule has 2 aromatic rings. The van der Waals surface area contributed by atoms with Crippen molar-refractivity contribution < 1.29 is 4.79 Å². The van der Waals surface area contributed by atoms with E-state index in [0.29, 0.717) is 12.6 Å². The summed E-state index contributed by atoms with van der Waals surface area (Å²) in [5, 5.41) is 3.12. The van der Waals surface area contributed by atoms with E-state index in [0.717, 1.165) is 12.1 Å². The second kappa shape index (κ2) is 7.23. The Morgan fingerprint density at radius 3 is 2.74 bits per heavy atom. The monoisotopic (exact) mass is 329 g/mol. The summed E-state index contributed by atoms with van der Waals surface area (Å²) in [6, 6.07) is 8.91. The molecule has 1 unspecified atom stereocenters. The Morgan fingerprint density at radius 2 is 2.13 bits per heavy atom. The highest BCUT2D eigenvalue weighted by atomic mass is 32.1. The predicted octanol–water partition coefficient (Wildman–Crippen LogP) is 3.29. The first kappa shape index (κ1) is 16.1. The number of carbonyl (C=O) groups is 1. The minimum Gasteiger partial charge on any atom is -0.348 e. The van der Waals surface area contributed by atoms with E-state index in [9.17, 15) is 4.79 Å². The molecule has 1 heterocycles. The van der Waals surface area contributed by atoms with Gasteiger partial charge in [0, 0.05) is 23.7 Å². The fraction of sp³-hybridized carbons (Fsp3) is 0.444. The molecule has 23 heavy (non-hydrogen) atoms. The SMILES string of the molecule is Cc1ccc(C(C)NC(=O)CN(Cc2cncs2)C2CC2)cc1. The molecule has 1 aliphatic carbocycles. The molecule has 5 heteroatoms. The predicted molar refractivity (Wildman–Crippen MR) is 93.3 cm³/mol. The normalized spacial score (nSPS) is 15.6. The van der Waals surface area contributed by atoms with E-state index < -0.39 is 0 Å². The number of thiazole rings is 1. The van der Waals surface area contributed by atoms with Crippen molar-refractivity contribution in [2.24, 2.45) is 0 Å². The van der Waals surface area contributed by atoms with Gasteiger partial charge < -0.3 is 5.32 Å².